The van der Waals surface area contributed by atoms with E-state index in [0.29, 0.717) is 45.6 Å². The Morgan fingerprint density at radius 2 is 1.74 bits per heavy atom. The highest BCUT2D eigenvalue weighted by atomic mass is 16.7. The van der Waals surface area contributed by atoms with Crippen molar-refractivity contribution in [3.63, 3.8) is 0 Å². The minimum atomic E-state index is -0.782. The monoisotopic (exact) mass is 428 g/mol. The Bertz CT molecular complexity index is 1030. The second kappa shape index (κ2) is 8.29. The zero-order valence-electron chi connectivity index (χ0n) is 18.1. The zero-order chi connectivity index (χ0) is 22.1. The van der Waals surface area contributed by atoms with Crippen molar-refractivity contribution in [2.24, 2.45) is 0 Å². The third kappa shape index (κ3) is 3.37. The molecule has 2 aliphatic rings. The molecule has 0 spiro atoms. The van der Waals surface area contributed by atoms with Crippen molar-refractivity contribution in [1.29, 1.82) is 0 Å². The lowest BCUT2D eigenvalue weighted by molar-refractivity contribution is -0.139. The van der Waals surface area contributed by atoms with Crippen molar-refractivity contribution in [3.05, 3.63) is 41.0 Å². The first kappa shape index (κ1) is 20.7. The lowest BCUT2D eigenvalue weighted by Gasteiger charge is -2.30. The maximum atomic E-state index is 13.0. The molecule has 0 radical (unpaired) electrons. The van der Waals surface area contributed by atoms with Crippen molar-refractivity contribution in [3.8, 4) is 34.5 Å². The first-order valence-corrected chi connectivity index (χ1v) is 9.81. The molecule has 0 fully saturated rings. The second-order valence-corrected chi connectivity index (χ2v) is 6.89. The predicted octanol–water partition coefficient (Wildman–Crippen LogP) is 3.91. The molecular weight excluding hydrogens is 404 g/mol. The van der Waals surface area contributed by atoms with E-state index in [0.717, 1.165) is 11.1 Å². The molecule has 8 nitrogen and oxygen atoms in total. The van der Waals surface area contributed by atoms with E-state index < -0.39 is 12.1 Å². The van der Waals surface area contributed by atoms with Crippen molar-refractivity contribution in [1.82, 2.24) is 0 Å². The van der Waals surface area contributed by atoms with Gasteiger partial charge in [-0.25, -0.2) is 4.79 Å². The van der Waals surface area contributed by atoms with Gasteiger partial charge in [0.15, 0.2) is 29.1 Å². The maximum absolute atomic E-state index is 13.0. The largest absolute Gasteiger partial charge is 0.493 e. The summed E-state index contributed by atoms with van der Waals surface area (Å²) in [4.78, 5) is 13.0. The summed E-state index contributed by atoms with van der Waals surface area (Å²) in [7, 11) is 4.59. The molecule has 2 heterocycles. The molecule has 1 atom stereocenters. The van der Waals surface area contributed by atoms with Gasteiger partial charge in [0.2, 0.25) is 18.3 Å². The van der Waals surface area contributed by atoms with Gasteiger partial charge in [-0.15, -0.1) is 0 Å². The zero-order valence-corrected chi connectivity index (χ0v) is 18.1. The van der Waals surface area contributed by atoms with Crippen molar-refractivity contribution >= 4 is 11.5 Å². The van der Waals surface area contributed by atoms with E-state index in [2.05, 4.69) is 0 Å². The van der Waals surface area contributed by atoms with Gasteiger partial charge >= 0.3 is 5.97 Å². The molecule has 0 amide bonds. The van der Waals surface area contributed by atoms with Crippen LogP contribution >= 0.6 is 0 Å². The Labute approximate surface area is 180 Å². The predicted molar refractivity (Wildman–Crippen MR) is 111 cm³/mol. The fourth-order valence-corrected chi connectivity index (χ4v) is 3.83. The maximum Gasteiger partial charge on any atom is 0.338 e. The summed E-state index contributed by atoms with van der Waals surface area (Å²) in [5, 5.41) is 0. The van der Waals surface area contributed by atoms with Gasteiger partial charge in [0, 0.05) is 11.1 Å². The topological polar surface area (TPSA) is 81.7 Å². The normalized spacial score (nSPS) is 16.4. The lowest BCUT2D eigenvalue weighted by atomic mass is 9.89. The highest BCUT2D eigenvalue weighted by Gasteiger charge is 2.38. The molecule has 2 aliphatic heterocycles. The number of hydrogen-bond acceptors (Lipinski definition) is 8. The lowest BCUT2D eigenvalue weighted by Crippen LogP contribution is -2.24. The van der Waals surface area contributed by atoms with Crippen molar-refractivity contribution in [2.45, 2.75) is 20.0 Å². The van der Waals surface area contributed by atoms with Gasteiger partial charge in [-0.3, -0.25) is 0 Å². The number of carbonyl (C=O) groups is 1. The minimum absolute atomic E-state index is 0.109. The molecule has 4 rings (SSSR count). The minimum Gasteiger partial charge on any atom is -0.493 e. The first-order chi connectivity index (χ1) is 15.0. The van der Waals surface area contributed by atoms with Crippen LogP contribution in [0.25, 0.3) is 5.57 Å². The summed E-state index contributed by atoms with van der Waals surface area (Å²) in [6.45, 7) is 3.97. The van der Waals surface area contributed by atoms with E-state index >= 15 is 0 Å². The number of benzene rings is 2. The molecule has 31 heavy (non-hydrogen) atoms. The third-order valence-corrected chi connectivity index (χ3v) is 5.28. The molecule has 8 heteroatoms. The standard InChI is InChI=1S/C23H24O8/c1-6-28-23(24)18-12(2)14-7-8-15-22(30-11-29-15)20(14)31-19(18)13-9-16(25-3)21(27-5)17(10-13)26-4/h7-10,19H,6,11H2,1-5H3. The van der Waals surface area contributed by atoms with Gasteiger partial charge in [-0.05, 0) is 43.7 Å². The van der Waals surface area contributed by atoms with Crippen LogP contribution in [0.3, 0.4) is 0 Å². The summed E-state index contributed by atoms with van der Waals surface area (Å²) in [5.41, 5.74) is 2.51. The number of allylic oxidation sites excluding steroid dienone is 1. The highest BCUT2D eigenvalue weighted by molar-refractivity contribution is 6.00. The fourth-order valence-electron chi connectivity index (χ4n) is 3.83. The summed E-state index contributed by atoms with van der Waals surface area (Å²) in [5.74, 6) is 2.50. The van der Waals surface area contributed by atoms with Gasteiger partial charge in [-0.2, -0.15) is 0 Å². The van der Waals surface area contributed by atoms with Crippen LogP contribution in [0.1, 0.15) is 31.1 Å². The van der Waals surface area contributed by atoms with Crippen LogP contribution in [-0.2, 0) is 9.53 Å². The fraction of sp³-hybridized carbons (Fsp3) is 0.348. The number of fused-ring (bicyclic) bond motifs is 3. The molecule has 0 saturated carbocycles. The quantitative estimate of drug-likeness (QED) is 0.641. The van der Waals surface area contributed by atoms with Crippen LogP contribution in [-0.4, -0.2) is 40.7 Å². The van der Waals surface area contributed by atoms with E-state index in [1.54, 1.807) is 25.1 Å². The van der Waals surface area contributed by atoms with Crippen molar-refractivity contribution in [2.75, 3.05) is 34.7 Å². The Morgan fingerprint density at radius 1 is 1.03 bits per heavy atom. The van der Waals surface area contributed by atoms with E-state index in [1.807, 2.05) is 13.0 Å². The molecule has 0 aliphatic carbocycles. The molecule has 0 aromatic heterocycles. The smallest absolute Gasteiger partial charge is 0.338 e. The number of esters is 1. The first-order valence-electron chi connectivity index (χ1n) is 9.81. The van der Waals surface area contributed by atoms with Crippen LogP contribution in [0.5, 0.6) is 34.5 Å². The number of carbonyl (C=O) groups excluding carboxylic acids is 1. The molecule has 0 saturated heterocycles. The second-order valence-electron chi connectivity index (χ2n) is 6.89. The van der Waals surface area contributed by atoms with Gasteiger partial charge < -0.3 is 33.2 Å². The van der Waals surface area contributed by atoms with E-state index in [1.165, 1.54) is 21.3 Å². The number of hydrogen-bond donors (Lipinski definition) is 0. The highest BCUT2D eigenvalue weighted by Crippen LogP contribution is 2.52. The Kier molecular flexibility index (Phi) is 5.54. The molecular formula is C23H24O8. The number of rotatable bonds is 6. The van der Waals surface area contributed by atoms with E-state index in [4.69, 9.17) is 33.2 Å². The molecule has 0 bridgehead atoms. The van der Waals surface area contributed by atoms with E-state index in [9.17, 15) is 4.79 Å². The molecule has 0 N–H and O–H groups in total. The molecule has 2 aromatic carbocycles. The van der Waals surface area contributed by atoms with Gasteiger partial charge in [0.1, 0.15) is 0 Å². The Hall–Kier alpha value is -3.55. The molecule has 164 valence electrons. The average Bonchev–Trinajstić information content (AvgIpc) is 3.27. The summed E-state index contributed by atoms with van der Waals surface area (Å²) in [6.07, 6.45) is -0.782. The van der Waals surface area contributed by atoms with Crippen LogP contribution < -0.4 is 28.4 Å². The summed E-state index contributed by atoms with van der Waals surface area (Å²) in [6, 6.07) is 7.16. The molecule has 1 unspecified atom stereocenters. The number of methoxy groups -OCH3 is 3. The van der Waals surface area contributed by atoms with Crippen molar-refractivity contribution < 1.29 is 38.0 Å². The average molecular weight is 428 g/mol. The Balaban J connectivity index is 1.92. The molecule has 2 aromatic rings. The SMILES string of the molecule is CCOC(=O)C1=C(C)c2ccc3c(c2OC1c1cc(OC)c(OC)c(OC)c1)OCO3. The van der Waals surface area contributed by atoms with Crippen LogP contribution in [0.2, 0.25) is 0 Å². The van der Waals surface area contributed by atoms with Gasteiger partial charge in [0.25, 0.3) is 0 Å². The van der Waals surface area contributed by atoms with E-state index in [-0.39, 0.29) is 13.4 Å². The van der Waals surface area contributed by atoms with Crippen LogP contribution in [0, 0.1) is 0 Å². The number of ether oxygens (including phenoxy) is 7. The van der Waals surface area contributed by atoms with Gasteiger partial charge in [0.05, 0.1) is 33.5 Å². The Morgan fingerprint density at radius 3 is 2.35 bits per heavy atom. The van der Waals surface area contributed by atoms with Gasteiger partial charge in [-0.1, -0.05) is 0 Å². The third-order valence-electron chi connectivity index (χ3n) is 5.28. The summed E-state index contributed by atoms with van der Waals surface area (Å²) >= 11 is 0. The van der Waals surface area contributed by atoms with Crippen LogP contribution in [0.4, 0.5) is 0 Å². The van der Waals surface area contributed by atoms with Crippen LogP contribution in [0.15, 0.2) is 29.8 Å². The summed E-state index contributed by atoms with van der Waals surface area (Å²) < 4.78 is 39.2.